The third kappa shape index (κ3) is 19.9. The Morgan fingerprint density at radius 2 is 1.48 bits per heavy atom. The van der Waals surface area contributed by atoms with E-state index in [0.717, 1.165) is 31.7 Å². The van der Waals surface area contributed by atoms with Crippen molar-refractivity contribution in [2.75, 3.05) is 54.9 Å². The van der Waals surface area contributed by atoms with Crippen LogP contribution in [-0.2, 0) is 25.4 Å². The maximum absolute atomic E-state index is 12.1. The van der Waals surface area contributed by atoms with Crippen molar-refractivity contribution in [3.63, 3.8) is 0 Å². The van der Waals surface area contributed by atoms with Crippen molar-refractivity contribution in [2.45, 2.75) is 119 Å². The van der Waals surface area contributed by atoms with Crippen LogP contribution in [-0.4, -0.2) is 104 Å². The number of likely N-dealkylation sites (tertiary alicyclic amines) is 1. The molecule has 0 radical (unpaired) electrons. The summed E-state index contributed by atoms with van der Waals surface area (Å²) in [5.41, 5.74) is 0.289. The number of hydrogen-bond donors (Lipinski definition) is 4. The minimum absolute atomic E-state index is 0.0239. The van der Waals surface area contributed by atoms with E-state index in [-0.39, 0.29) is 17.9 Å². The summed E-state index contributed by atoms with van der Waals surface area (Å²) >= 11 is 0. The molecule has 2 aliphatic heterocycles. The summed E-state index contributed by atoms with van der Waals surface area (Å²) in [6.07, 6.45) is 2.46. The van der Waals surface area contributed by atoms with Gasteiger partial charge in [-0.3, -0.25) is 4.79 Å². The molecule has 2 saturated heterocycles. The van der Waals surface area contributed by atoms with Gasteiger partial charge < -0.3 is 44.5 Å². The van der Waals surface area contributed by atoms with E-state index in [0.29, 0.717) is 6.54 Å². The second-order valence-corrected chi connectivity index (χ2v) is 11.2. The molecule has 0 aliphatic carbocycles. The molecule has 11 nitrogen and oxygen atoms in total. The van der Waals surface area contributed by atoms with Gasteiger partial charge in [-0.25, -0.2) is 4.79 Å². The fraction of sp³-hybridized carbons (Fsp3) is 0.771. The van der Waals surface area contributed by atoms with Crippen molar-refractivity contribution in [1.82, 2.24) is 10.2 Å². The topological polar surface area (TPSA) is 147 Å². The fourth-order valence-corrected chi connectivity index (χ4v) is 4.60. The smallest absolute Gasteiger partial charge is 0.410 e. The Hall–Kier alpha value is -2.44. The molecule has 0 bridgehead atoms. The summed E-state index contributed by atoms with van der Waals surface area (Å²) in [4.78, 5) is 24.6. The highest BCUT2D eigenvalue weighted by Gasteiger charge is 2.52. The third-order valence-corrected chi connectivity index (χ3v) is 6.65. The quantitative estimate of drug-likeness (QED) is 0.231. The molecule has 0 spiro atoms. The van der Waals surface area contributed by atoms with Crippen LogP contribution in [0, 0.1) is 5.92 Å². The van der Waals surface area contributed by atoms with Crippen molar-refractivity contribution in [2.24, 2.45) is 5.92 Å². The first-order chi connectivity index (χ1) is 21.7. The van der Waals surface area contributed by atoms with Gasteiger partial charge in [-0.05, 0) is 70.2 Å². The number of carbonyl (C=O) groups excluding carboxylic acids is 1. The van der Waals surface area contributed by atoms with Gasteiger partial charge in [0.2, 0.25) is 0 Å². The lowest BCUT2D eigenvalue weighted by Crippen LogP contribution is -2.66. The highest BCUT2D eigenvalue weighted by atomic mass is 16.6. The van der Waals surface area contributed by atoms with Gasteiger partial charge in [0.05, 0.1) is 25.7 Å². The molecule has 2 fully saturated rings. The zero-order valence-electron chi connectivity index (χ0n) is 31.8. The van der Waals surface area contributed by atoms with E-state index < -0.39 is 30.0 Å². The molecule has 3 rings (SSSR count). The predicted octanol–water partition coefficient (Wildman–Crippen LogP) is 6.38. The lowest BCUT2D eigenvalue weighted by atomic mass is 9.73. The van der Waals surface area contributed by atoms with Crippen molar-refractivity contribution < 1.29 is 43.9 Å². The van der Waals surface area contributed by atoms with Gasteiger partial charge in [-0.15, -0.1) is 0 Å². The molecule has 2 heterocycles. The number of nitrogens with one attached hydrogen (secondary N) is 1. The minimum Gasteiger partial charge on any atom is -0.497 e. The van der Waals surface area contributed by atoms with E-state index in [2.05, 4.69) is 22.2 Å². The number of carboxylic acids is 1. The molecule has 1 aromatic rings. The number of rotatable bonds is 8. The summed E-state index contributed by atoms with van der Waals surface area (Å²) in [7, 11) is 6.71. The maximum Gasteiger partial charge on any atom is 0.410 e. The Balaban J connectivity index is -0.000000288. The van der Waals surface area contributed by atoms with Crippen molar-refractivity contribution in [3.05, 3.63) is 29.8 Å². The lowest BCUT2D eigenvalue weighted by molar-refractivity contribution is -0.145. The van der Waals surface area contributed by atoms with Crippen LogP contribution in [0.4, 0.5) is 4.79 Å². The number of aliphatic hydroxyl groups excluding tert-OH is 1. The highest BCUT2D eigenvalue weighted by Crippen LogP contribution is 2.41. The maximum atomic E-state index is 12.1. The summed E-state index contributed by atoms with van der Waals surface area (Å²) in [6, 6.07) is 8.24. The van der Waals surface area contributed by atoms with Crippen LogP contribution in [0.15, 0.2) is 24.3 Å². The van der Waals surface area contributed by atoms with Crippen LogP contribution in [0.3, 0.4) is 0 Å². The molecule has 1 aromatic carbocycles. The molecule has 0 saturated carbocycles. The normalized spacial score (nSPS) is 18.8. The van der Waals surface area contributed by atoms with Crippen LogP contribution in [0.25, 0.3) is 0 Å². The van der Waals surface area contributed by atoms with E-state index in [1.54, 1.807) is 54.1 Å². The lowest BCUT2D eigenvalue weighted by Gasteiger charge is -2.54. The van der Waals surface area contributed by atoms with Gasteiger partial charge in [0.15, 0.2) is 0 Å². The number of amides is 1. The number of ether oxygens (including phenoxy) is 4. The second-order valence-electron chi connectivity index (χ2n) is 11.2. The van der Waals surface area contributed by atoms with Crippen molar-refractivity contribution >= 4 is 12.1 Å². The molecule has 2 aliphatic rings. The molecule has 274 valence electrons. The Kier molecular flexibility index (Phi) is 31.5. The molecule has 2 atom stereocenters. The van der Waals surface area contributed by atoms with Crippen LogP contribution in [0.1, 0.15) is 101 Å². The highest BCUT2D eigenvalue weighted by molar-refractivity contribution is 5.74. The summed E-state index contributed by atoms with van der Waals surface area (Å²) in [5, 5.41) is 26.7. The summed E-state index contributed by atoms with van der Waals surface area (Å²) < 4.78 is 20.1. The van der Waals surface area contributed by atoms with Crippen LogP contribution in [0.2, 0.25) is 0 Å². The molecule has 11 heteroatoms. The Morgan fingerprint density at radius 3 is 1.78 bits per heavy atom. The van der Waals surface area contributed by atoms with Gasteiger partial charge in [0.25, 0.3) is 0 Å². The van der Waals surface area contributed by atoms with Gasteiger partial charge in [-0.2, -0.15) is 0 Å². The monoisotopic (exact) mass is 663 g/mol. The molecule has 1 amide bonds. The average Bonchev–Trinajstić information content (AvgIpc) is 2.97. The van der Waals surface area contributed by atoms with Gasteiger partial charge in [0, 0.05) is 33.4 Å². The minimum atomic E-state index is -0.878. The number of carbonyl (C=O) groups is 2. The van der Waals surface area contributed by atoms with Crippen LogP contribution in [0.5, 0.6) is 5.75 Å². The van der Waals surface area contributed by atoms with Gasteiger partial charge in [0.1, 0.15) is 18.1 Å². The van der Waals surface area contributed by atoms with E-state index in [1.165, 1.54) is 12.0 Å². The Bertz CT molecular complexity index is 870. The Labute approximate surface area is 281 Å². The molecular weight excluding hydrogens is 592 g/mol. The number of aliphatic carboxylic acids is 1. The molecule has 0 aromatic heterocycles. The first-order valence-electron chi connectivity index (χ1n) is 16.4. The first kappa shape index (κ1) is 50.4. The van der Waals surface area contributed by atoms with Crippen LogP contribution < -0.4 is 10.1 Å². The van der Waals surface area contributed by atoms with E-state index in [1.807, 2.05) is 67.5 Å². The first-order valence-corrected chi connectivity index (χ1v) is 16.4. The molecule has 46 heavy (non-hydrogen) atoms. The third-order valence-electron chi connectivity index (χ3n) is 6.65. The SMILES string of the molecule is CC.CC.CC.CC(C)C1(CC(=O)O)CCN1C(=O)OC(C)(C)C.COC.COCC1(Cc2cccc(OC)c2)CCN1.OCO. The number of hydrogen-bond acceptors (Lipinski definition) is 9. The summed E-state index contributed by atoms with van der Waals surface area (Å²) in [5.74, 6) is 0.135. The molecule has 2 unspecified atom stereocenters. The average molecular weight is 663 g/mol. The zero-order chi connectivity index (χ0) is 37.0. The molecular formula is C35H70N2O9. The van der Waals surface area contributed by atoms with E-state index in [4.69, 9.17) is 29.5 Å². The van der Waals surface area contributed by atoms with E-state index >= 15 is 0 Å². The van der Waals surface area contributed by atoms with E-state index in [9.17, 15) is 9.59 Å². The number of benzene rings is 1. The van der Waals surface area contributed by atoms with Gasteiger partial charge in [-0.1, -0.05) is 67.5 Å². The number of carboxylic acid groups (broad SMARTS) is 1. The fourth-order valence-electron chi connectivity index (χ4n) is 4.60. The zero-order valence-corrected chi connectivity index (χ0v) is 31.8. The number of methoxy groups -OCH3 is 3. The molecule has 4 N–H and O–H groups in total. The second kappa shape index (κ2) is 28.8. The number of aliphatic hydroxyl groups is 2. The van der Waals surface area contributed by atoms with Crippen molar-refractivity contribution in [3.8, 4) is 5.75 Å². The van der Waals surface area contributed by atoms with Gasteiger partial charge >= 0.3 is 12.1 Å². The number of nitrogens with zero attached hydrogens (tertiary/aromatic N) is 1. The Morgan fingerprint density at radius 1 is 0.978 bits per heavy atom. The largest absolute Gasteiger partial charge is 0.497 e. The standard InChI is InChI=1S/C13H23NO4.C13H19NO2.C2H6O.3C2H6.CH4O2/c1-9(2)13(8-10(15)16)6-7-14(13)11(17)18-12(3,4)5;1-15-10-13(6-7-14-13)9-11-4-3-5-12(8-11)16-2;1-3-2;3*1-2;2-1-3/h9H,6-8H2,1-5H3,(H,15,16);3-5,8,14H,6-7,9-10H2,1-2H3;1-2H3;3*1-2H3;2-3H,1H2. The summed E-state index contributed by atoms with van der Waals surface area (Å²) in [6.45, 7) is 23.0. The van der Waals surface area contributed by atoms with Crippen molar-refractivity contribution in [1.29, 1.82) is 0 Å². The predicted molar refractivity (Wildman–Crippen MR) is 188 cm³/mol. The van der Waals surface area contributed by atoms with Crippen LogP contribution >= 0.6 is 0 Å².